The van der Waals surface area contributed by atoms with Crippen LogP contribution in [0.1, 0.15) is 49.8 Å². The lowest BCUT2D eigenvalue weighted by Crippen LogP contribution is -2.32. The van der Waals surface area contributed by atoms with Gasteiger partial charge >= 0.3 is 0 Å². The van der Waals surface area contributed by atoms with Crippen LogP contribution in [0.4, 0.5) is 0 Å². The van der Waals surface area contributed by atoms with Crippen molar-refractivity contribution in [3.63, 3.8) is 0 Å². The SMILES string of the molecule is CCc1cccc(C(O)C2(O)CCCC2)c1. The molecule has 1 unspecified atom stereocenters. The minimum atomic E-state index is -0.896. The Morgan fingerprint density at radius 1 is 1.31 bits per heavy atom. The van der Waals surface area contributed by atoms with Crippen molar-refractivity contribution in [3.8, 4) is 0 Å². The van der Waals surface area contributed by atoms with E-state index in [2.05, 4.69) is 13.0 Å². The van der Waals surface area contributed by atoms with Crippen LogP contribution in [0.15, 0.2) is 24.3 Å². The minimum Gasteiger partial charge on any atom is -0.387 e. The molecule has 1 fully saturated rings. The van der Waals surface area contributed by atoms with Crippen LogP contribution in [0.2, 0.25) is 0 Å². The summed E-state index contributed by atoms with van der Waals surface area (Å²) < 4.78 is 0. The van der Waals surface area contributed by atoms with Crippen LogP contribution in [0.3, 0.4) is 0 Å². The molecule has 2 heteroatoms. The maximum Gasteiger partial charge on any atom is 0.108 e. The van der Waals surface area contributed by atoms with Gasteiger partial charge in [0.1, 0.15) is 6.10 Å². The van der Waals surface area contributed by atoms with Crippen molar-refractivity contribution in [2.45, 2.75) is 50.7 Å². The Kier molecular flexibility index (Phi) is 3.31. The van der Waals surface area contributed by atoms with Gasteiger partial charge in [-0.15, -0.1) is 0 Å². The maximum absolute atomic E-state index is 10.3. The van der Waals surface area contributed by atoms with Crippen LogP contribution in [-0.2, 0) is 6.42 Å². The lowest BCUT2D eigenvalue weighted by molar-refractivity contribution is -0.0719. The highest BCUT2D eigenvalue weighted by Crippen LogP contribution is 2.39. The monoisotopic (exact) mass is 220 g/mol. The summed E-state index contributed by atoms with van der Waals surface area (Å²) in [6.45, 7) is 2.09. The first-order valence-corrected chi connectivity index (χ1v) is 6.15. The summed E-state index contributed by atoms with van der Waals surface area (Å²) in [6, 6.07) is 7.91. The molecule has 0 spiro atoms. The van der Waals surface area contributed by atoms with E-state index >= 15 is 0 Å². The lowest BCUT2D eigenvalue weighted by Gasteiger charge is -2.29. The number of aryl methyl sites for hydroxylation is 1. The Hall–Kier alpha value is -0.860. The van der Waals surface area contributed by atoms with E-state index in [0.29, 0.717) is 12.8 Å². The lowest BCUT2D eigenvalue weighted by atomic mass is 9.89. The second kappa shape index (κ2) is 4.56. The molecule has 1 aromatic carbocycles. The van der Waals surface area contributed by atoms with Crippen LogP contribution >= 0.6 is 0 Å². The van der Waals surface area contributed by atoms with E-state index in [4.69, 9.17) is 0 Å². The third-order valence-corrected chi connectivity index (χ3v) is 3.65. The van der Waals surface area contributed by atoms with Gasteiger partial charge in [-0.3, -0.25) is 0 Å². The molecule has 0 heterocycles. The van der Waals surface area contributed by atoms with Crippen molar-refractivity contribution in [3.05, 3.63) is 35.4 Å². The third-order valence-electron chi connectivity index (χ3n) is 3.65. The average molecular weight is 220 g/mol. The quantitative estimate of drug-likeness (QED) is 0.822. The molecule has 1 aromatic rings. The van der Waals surface area contributed by atoms with E-state index in [0.717, 1.165) is 24.8 Å². The molecule has 2 nitrogen and oxygen atoms in total. The normalized spacial score (nSPS) is 20.9. The van der Waals surface area contributed by atoms with Gasteiger partial charge in [-0.2, -0.15) is 0 Å². The predicted octanol–water partition coefficient (Wildman–Crippen LogP) is 2.59. The molecule has 0 amide bonds. The Labute approximate surface area is 96.9 Å². The molecule has 1 saturated carbocycles. The van der Waals surface area contributed by atoms with Gasteiger partial charge in [0.25, 0.3) is 0 Å². The first-order chi connectivity index (χ1) is 7.65. The van der Waals surface area contributed by atoms with E-state index in [1.807, 2.05) is 18.2 Å². The first kappa shape index (κ1) is 11.6. The van der Waals surface area contributed by atoms with Gasteiger partial charge in [0.2, 0.25) is 0 Å². The molecule has 2 rings (SSSR count). The number of rotatable bonds is 3. The summed E-state index contributed by atoms with van der Waals surface area (Å²) in [4.78, 5) is 0. The van der Waals surface area contributed by atoms with Crippen molar-refractivity contribution in [1.29, 1.82) is 0 Å². The van der Waals surface area contributed by atoms with Gasteiger partial charge in [-0.05, 0) is 30.4 Å². The first-order valence-electron chi connectivity index (χ1n) is 6.15. The molecule has 0 aliphatic heterocycles. The van der Waals surface area contributed by atoms with E-state index in [9.17, 15) is 10.2 Å². The minimum absolute atomic E-state index is 0.713. The van der Waals surface area contributed by atoms with Crippen molar-refractivity contribution in [2.24, 2.45) is 0 Å². The van der Waals surface area contributed by atoms with Crippen LogP contribution in [-0.4, -0.2) is 15.8 Å². The van der Waals surface area contributed by atoms with E-state index in [1.165, 1.54) is 5.56 Å². The zero-order valence-corrected chi connectivity index (χ0v) is 9.82. The molecule has 88 valence electrons. The van der Waals surface area contributed by atoms with Gasteiger partial charge in [0.05, 0.1) is 5.60 Å². The van der Waals surface area contributed by atoms with Crippen LogP contribution in [0, 0.1) is 0 Å². The summed E-state index contributed by atoms with van der Waals surface area (Å²) in [7, 11) is 0. The molecular formula is C14H20O2. The average Bonchev–Trinajstić information content (AvgIpc) is 2.76. The smallest absolute Gasteiger partial charge is 0.108 e. The molecule has 1 aliphatic rings. The highest BCUT2D eigenvalue weighted by Gasteiger charge is 2.39. The fraction of sp³-hybridized carbons (Fsp3) is 0.571. The van der Waals surface area contributed by atoms with Gasteiger partial charge in [-0.1, -0.05) is 44.0 Å². The number of aliphatic hydroxyl groups excluding tert-OH is 1. The highest BCUT2D eigenvalue weighted by molar-refractivity contribution is 5.27. The summed E-state index contributed by atoms with van der Waals surface area (Å²) in [5.41, 5.74) is 1.16. The topological polar surface area (TPSA) is 40.5 Å². The molecule has 16 heavy (non-hydrogen) atoms. The van der Waals surface area contributed by atoms with Gasteiger partial charge < -0.3 is 10.2 Å². The number of aliphatic hydroxyl groups is 2. The van der Waals surface area contributed by atoms with E-state index in [-0.39, 0.29) is 0 Å². The summed E-state index contributed by atoms with van der Waals surface area (Å²) >= 11 is 0. The van der Waals surface area contributed by atoms with Gasteiger partial charge in [-0.25, -0.2) is 0 Å². The molecule has 1 aliphatic carbocycles. The van der Waals surface area contributed by atoms with Crippen molar-refractivity contribution < 1.29 is 10.2 Å². The largest absolute Gasteiger partial charge is 0.387 e. The van der Waals surface area contributed by atoms with Crippen LogP contribution in [0.25, 0.3) is 0 Å². The Bertz CT molecular complexity index is 354. The molecule has 2 N–H and O–H groups in total. The van der Waals surface area contributed by atoms with E-state index in [1.54, 1.807) is 0 Å². The number of benzene rings is 1. The standard InChI is InChI=1S/C14H20O2/c1-2-11-6-5-7-12(10-11)13(15)14(16)8-3-4-9-14/h5-7,10,13,15-16H,2-4,8-9H2,1H3. The fourth-order valence-corrected chi connectivity index (χ4v) is 2.55. The van der Waals surface area contributed by atoms with E-state index < -0.39 is 11.7 Å². The van der Waals surface area contributed by atoms with Crippen molar-refractivity contribution in [2.75, 3.05) is 0 Å². The highest BCUT2D eigenvalue weighted by atomic mass is 16.3. The van der Waals surface area contributed by atoms with Crippen molar-refractivity contribution >= 4 is 0 Å². The third kappa shape index (κ3) is 2.13. The second-order valence-electron chi connectivity index (χ2n) is 4.81. The van der Waals surface area contributed by atoms with Crippen LogP contribution < -0.4 is 0 Å². The summed E-state index contributed by atoms with van der Waals surface area (Å²) in [5.74, 6) is 0. The molecular weight excluding hydrogens is 200 g/mol. The molecule has 0 aromatic heterocycles. The Balaban J connectivity index is 2.22. The Morgan fingerprint density at radius 2 is 2.00 bits per heavy atom. The molecule has 0 bridgehead atoms. The molecule has 0 radical (unpaired) electrons. The molecule has 1 atom stereocenters. The van der Waals surface area contributed by atoms with Crippen LogP contribution in [0.5, 0.6) is 0 Å². The van der Waals surface area contributed by atoms with Gasteiger partial charge in [0, 0.05) is 0 Å². The van der Waals surface area contributed by atoms with Gasteiger partial charge in [0.15, 0.2) is 0 Å². The summed E-state index contributed by atoms with van der Waals surface area (Å²) in [6.07, 6.45) is 3.68. The number of hydrogen-bond acceptors (Lipinski definition) is 2. The maximum atomic E-state index is 10.3. The fourth-order valence-electron chi connectivity index (χ4n) is 2.55. The molecule has 0 saturated heterocycles. The summed E-state index contributed by atoms with van der Waals surface area (Å²) in [5, 5.41) is 20.6. The zero-order valence-electron chi connectivity index (χ0n) is 9.82. The Morgan fingerprint density at radius 3 is 2.62 bits per heavy atom. The predicted molar refractivity (Wildman–Crippen MR) is 64.2 cm³/mol. The zero-order chi connectivity index (χ0) is 11.6. The second-order valence-corrected chi connectivity index (χ2v) is 4.81. The number of hydrogen-bond donors (Lipinski definition) is 2. The van der Waals surface area contributed by atoms with Crippen molar-refractivity contribution in [1.82, 2.24) is 0 Å².